The normalized spacial score (nSPS) is 50.1. The van der Waals surface area contributed by atoms with Crippen LogP contribution in [-0.4, -0.2) is 75.9 Å². The standard InChI is InChI=1S/C12H24N2O6/c13-4-8-9(16)10(17)11(18)12(20-8)19-5-1-2-6(14)7(15)3-5/h5-12,15-18H,1-4,13-14H2/t5-,6+,7+,8?,9+,10?,11+,12?/m1/s1. The van der Waals surface area contributed by atoms with Crippen molar-refractivity contribution in [2.75, 3.05) is 6.54 Å². The van der Waals surface area contributed by atoms with Crippen LogP contribution in [0.2, 0.25) is 0 Å². The second kappa shape index (κ2) is 6.63. The molecule has 8 heteroatoms. The average molecular weight is 292 g/mol. The number of hydrogen-bond donors (Lipinski definition) is 6. The van der Waals surface area contributed by atoms with E-state index in [1.807, 2.05) is 0 Å². The van der Waals surface area contributed by atoms with Crippen molar-refractivity contribution >= 4 is 0 Å². The SMILES string of the molecule is NCC1OC(O[C@@H]2CC[C@H](N)[C@@H](O)C2)[C@@H](O)C(O)[C@H]1O. The molecule has 0 aromatic heterocycles. The molecular formula is C12H24N2O6. The van der Waals surface area contributed by atoms with Crippen molar-refractivity contribution in [2.24, 2.45) is 11.5 Å². The summed E-state index contributed by atoms with van der Waals surface area (Å²) in [5.41, 5.74) is 11.2. The van der Waals surface area contributed by atoms with Crippen molar-refractivity contribution in [3.63, 3.8) is 0 Å². The minimum atomic E-state index is -1.38. The molecule has 1 saturated heterocycles. The van der Waals surface area contributed by atoms with E-state index in [1.54, 1.807) is 0 Å². The zero-order valence-electron chi connectivity index (χ0n) is 11.2. The van der Waals surface area contributed by atoms with Crippen LogP contribution in [-0.2, 0) is 9.47 Å². The minimum Gasteiger partial charge on any atom is -0.391 e. The summed E-state index contributed by atoms with van der Waals surface area (Å²) in [4.78, 5) is 0. The molecular weight excluding hydrogens is 268 g/mol. The van der Waals surface area contributed by atoms with Crippen LogP contribution in [0, 0.1) is 0 Å². The molecule has 8 N–H and O–H groups in total. The third kappa shape index (κ3) is 3.29. The highest BCUT2D eigenvalue weighted by Crippen LogP contribution is 2.27. The van der Waals surface area contributed by atoms with Gasteiger partial charge in [-0.25, -0.2) is 0 Å². The topological polar surface area (TPSA) is 151 Å². The first-order valence-corrected chi connectivity index (χ1v) is 6.93. The van der Waals surface area contributed by atoms with Gasteiger partial charge in [0.25, 0.3) is 0 Å². The Labute approximate surface area is 117 Å². The lowest BCUT2D eigenvalue weighted by Gasteiger charge is -2.42. The van der Waals surface area contributed by atoms with Crippen LogP contribution in [0.4, 0.5) is 0 Å². The molecule has 0 amide bonds. The Balaban J connectivity index is 1.94. The van der Waals surface area contributed by atoms with Gasteiger partial charge in [0.1, 0.15) is 24.4 Å². The molecule has 8 nitrogen and oxygen atoms in total. The number of hydrogen-bond acceptors (Lipinski definition) is 8. The molecule has 0 aromatic carbocycles. The van der Waals surface area contributed by atoms with Crippen molar-refractivity contribution in [3.05, 3.63) is 0 Å². The summed E-state index contributed by atoms with van der Waals surface area (Å²) in [7, 11) is 0. The van der Waals surface area contributed by atoms with Gasteiger partial charge < -0.3 is 41.4 Å². The summed E-state index contributed by atoms with van der Waals surface area (Å²) in [6, 6.07) is -0.267. The summed E-state index contributed by atoms with van der Waals surface area (Å²) in [5.74, 6) is 0. The molecule has 2 rings (SSSR count). The van der Waals surface area contributed by atoms with Crippen molar-refractivity contribution in [2.45, 2.75) is 68.2 Å². The van der Waals surface area contributed by atoms with Crippen LogP contribution in [0.1, 0.15) is 19.3 Å². The van der Waals surface area contributed by atoms with Gasteiger partial charge in [0.05, 0.1) is 12.2 Å². The van der Waals surface area contributed by atoms with E-state index in [0.29, 0.717) is 19.3 Å². The highest BCUT2D eigenvalue weighted by molar-refractivity contribution is 4.91. The van der Waals surface area contributed by atoms with E-state index in [1.165, 1.54) is 0 Å². The van der Waals surface area contributed by atoms with E-state index in [9.17, 15) is 20.4 Å². The van der Waals surface area contributed by atoms with Gasteiger partial charge in [-0.1, -0.05) is 0 Å². The highest BCUT2D eigenvalue weighted by atomic mass is 16.7. The molecule has 20 heavy (non-hydrogen) atoms. The van der Waals surface area contributed by atoms with Crippen molar-refractivity contribution in [1.82, 2.24) is 0 Å². The zero-order valence-corrected chi connectivity index (χ0v) is 11.2. The third-order valence-corrected chi connectivity index (χ3v) is 4.05. The van der Waals surface area contributed by atoms with Crippen molar-refractivity contribution < 1.29 is 29.9 Å². The van der Waals surface area contributed by atoms with E-state index in [0.717, 1.165) is 0 Å². The lowest BCUT2D eigenvalue weighted by atomic mass is 9.90. The molecule has 0 aromatic rings. The van der Waals surface area contributed by atoms with Gasteiger partial charge in [-0.05, 0) is 12.8 Å². The number of ether oxygens (including phenoxy) is 2. The van der Waals surface area contributed by atoms with Gasteiger partial charge in [0.15, 0.2) is 6.29 Å². The summed E-state index contributed by atoms with van der Waals surface area (Å²) in [5, 5.41) is 39.0. The zero-order chi connectivity index (χ0) is 14.9. The summed E-state index contributed by atoms with van der Waals surface area (Å²) in [6.07, 6.45) is -5.24. The molecule has 1 saturated carbocycles. The quantitative estimate of drug-likeness (QED) is 0.322. The summed E-state index contributed by atoms with van der Waals surface area (Å²) in [6.45, 7) is 0.00295. The third-order valence-electron chi connectivity index (χ3n) is 4.05. The fourth-order valence-electron chi connectivity index (χ4n) is 2.67. The van der Waals surface area contributed by atoms with Crippen LogP contribution >= 0.6 is 0 Å². The molecule has 1 aliphatic carbocycles. The molecule has 2 aliphatic rings. The first-order valence-electron chi connectivity index (χ1n) is 6.93. The molecule has 0 spiro atoms. The Bertz CT molecular complexity index is 318. The molecule has 1 aliphatic heterocycles. The van der Waals surface area contributed by atoms with E-state index >= 15 is 0 Å². The Morgan fingerprint density at radius 2 is 1.75 bits per heavy atom. The van der Waals surface area contributed by atoms with E-state index in [4.69, 9.17) is 20.9 Å². The van der Waals surface area contributed by atoms with Crippen molar-refractivity contribution in [3.8, 4) is 0 Å². The second-order valence-electron chi connectivity index (χ2n) is 5.55. The highest BCUT2D eigenvalue weighted by Gasteiger charge is 2.45. The largest absolute Gasteiger partial charge is 0.391 e. The Morgan fingerprint density at radius 1 is 1.05 bits per heavy atom. The van der Waals surface area contributed by atoms with Crippen molar-refractivity contribution in [1.29, 1.82) is 0 Å². The van der Waals surface area contributed by atoms with Crippen LogP contribution in [0.5, 0.6) is 0 Å². The predicted octanol–water partition coefficient (Wildman–Crippen LogP) is -2.99. The fourth-order valence-corrected chi connectivity index (χ4v) is 2.67. The maximum atomic E-state index is 9.88. The molecule has 118 valence electrons. The molecule has 0 bridgehead atoms. The number of aliphatic hydroxyl groups is 4. The Morgan fingerprint density at radius 3 is 2.35 bits per heavy atom. The molecule has 2 fully saturated rings. The number of aliphatic hydroxyl groups excluding tert-OH is 4. The van der Waals surface area contributed by atoms with Crippen LogP contribution < -0.4 is 11.5 Å². The minimum absolute atomic E-state index is 0.00295. The van der Waals surface area contributed by atoms with E-state index in [-0.39, 0.29) is 18.7 Å². The van der Waals surface area contributed by atoms with Gasteiger partial charge >= 0.3 is 0 Å². The van der Waals surface area contributed by atoms with Crippen LogP contribution in [0.25, 0.3) is 0 Å². The lowest BCUT2D eigenvalue weighted by Crippen LogP contribution is -2.60. The number of rotatable bonds is 3. The first kappa shape index (κ1) is 16.1. The smallest absolute Gasteiger partial charge is 0.186 e. The Kier molecular flexibility index (Phi) is 5.32. The molecule has 8 atom stereocenters. The summed E-state index contributed by atoms with van der Waals surface area (Å²) < 4.78 is 11.0. The van der Waals surface area contributed by atoms with Crippen LogP contribution in [0.3, 0.4) is 0 Å². The number of nitrogens with two attached hydrogens (primary N) is 2. The Hall–Kier alpha value is -0.320. The molecule has 0 radical (unpaired) electrons. The first-order chi connectivity index (χ1) is 9.43. The molecule has 3 unspecified atom stereocenters. The fraction of sp³-hybridized carbons (Fsp3) is 1.00. The maximum absolute atomic E-state index is 9.88. The van der Waals surface area contributed by atoms with E-state index < -0.39 is 36.8 Å². The van der Waals surface area contributed by atoms with Gasteiger partial charge in [0.2, 0.25) is 0 Å². The van der Waals surface area contributed by atoms with Gasteiger partial charge in [-0.3, -0.25) is 0 Å². The van der Waals surface area contributed by atoms with Crippen LogP contribution in [0.15, 0.2) is 0 Å². The lowest BCUT2D eigenvalue weighted by molar-refractivity contribution is -0.308. The van der Waals surface area contributed by atoms with E-state index in [2.05, 4.69) is 0 Å². The second-order valence-corrected chi connectivity index (χ2v) is 5.55. The van der Waals surface area contributed by atoms with Gasteiger partial charge in [-0.15, -0.1) is 0 Å². The maximum Gasteiger partial charge on any atom is 0.186 e. The molecule has 1 heterocycles. The predicted molar refractivity (Wildman–Crippen MR) is 68.4 cm³/mol. The monoisotopic (exact) mass is 292 g/mol. The van der Waals surface area contributed by atoms with Gasteiger partial charge in [0, 0.05) is 19.0 Å². The van der Waals surface area contributed by atoms with Gasteiger partial charge in [-0.2, -0.15) is 0 Å². The average Bonchev–Trinajstić information content (AvgIpc) is 2.43. The summed E-state index contributed by atoms with van der Waals surface area (Å²) >= 11 is 0.